The third kappa shape index (κ3) is 5.85. The summed E-state index contributed by atoms with van der Waals surface area (Å²) >= 11 is 0. The number of rotatable bonds is 10. The lowest BCUT2D eigenvalue weighted by Gasteiger charge is -2.30. The zero-order valence-electron chi connectivity index (χ0n) is 23.4. The van der Waals surface area contributed by atoms with Crippen molar-refractivity contribution in [2.75, 3.05) is 12.7 Å². The van der Waals surface area contributed by atoms with Crippen molar-refractivity contribution >= 4 is 46.4 Å². The minimum atomic E-state index is -2.12. The van der Waals surface area contributed by atoms with Crippen LogP contribution >= 0.6 is 14.5 Å². The minimum absolute atomic E-state index is 0. The van der Waals surface area contributed by atoms with Crippen LogP contribution in [0.15, 0.2) is 182 Å². The van der Waals surface area contributed by atoms with Crippen molar-refractivity contribution in [2.45, 2.75) is 0 Å². The highest BCUT2D eigenvalue weighted by atomic mass is 35.5. The van der Waals surface area contributed by atoms with E-state index in [9.17, 15) is 0 Å². The lowest BCUT2D eigenvalue weighted by atomic mass is 10.4. The first kappa shape index (κ1) is 29.9. The van der Waals surface area contributed by atoms with Crippen LogP contribution in [0, 0.1) is 0 Å². The molecular weight excluding hydrogens is 570 g/mol. The van der Waals surface area contributed by atoms with Gasteiger partial charge in [-0.1, -0.05) is 109 Å². The van der Waals surface area contributed by atoms with E-state index >= 15 is 0 Å². The molecule has 0 heterocycles. The highest BCUT2D eigenvalue weighted by Crippen LogP contribution is 2.59. The molecule has 0 saturated heterocycles. The Labute approximate surface area is 257 Å². The second kappa shape index (κ2) is 14.1. The van der Waals surface area contributed by atoms with Gasteiger partial charge in [-0.25, -0.2) is 0 Å². The molecule has 0 bridgehead atoms. The van der Waals surface area contributed by atoms with Crippen molar-refractivity contribution < 1.29 is 17.1 Å². The molecule has 4 heteroatoms. The molecule has 0 amide bonds. The standard InChI is InChI=1S/C38H34OP2.ClH/c1-7-19-33(20-8-1)40(34-21-9-2-10-22-34,35-23-11-3-12-24-35)31-39-32-41(36-25-13-4-14-26-36,37-27-15-5-16-28-37)38-29-17-6-18-30-38;/h1-30H,31-32H2;1H/q+2;/p-1. The Morgan fingerprint density at radius 3 is 0.619 bits per heavy atom. The Hall–Kier alpha value is -3.57. The molecule has 6 aromatic carbocycles. The summed E-state index contributed by atoms with van der Waals surface area (Å²) < 4.78 is 7.19. The maximum atomic E-state index is 7.19. The van der Waals surface area contributed by atoms with E-state index in [4.69, 9.17) is 4.74 Å². The van der Waals surface area contributed by atoms with Crippen molar-refractivity contribution in [2.24, 2.45) is 0 Å². The summed E-state index contributed by atoms with van der Waals surface area (Å²) in [5.74, 6) is 0. The first-order chi connectivity index (χ1) is 20.3. The first-order valence-corrected chi connectivity index (χ1v) is 18.0. The summed E-state index contributed by atoms with van der Waals surface area (Å²) in [4.78, 5) is 0. The average molecular weight is 604 g/mol. The number of halogens is 1. The molecule has 0 N–H and O–H groups in total. The van der Waals surface area contributed by atoms with Gasteiger partial charge in [0, 0.05) is 0 Å². The van der Waals surface area contributed by atoms with Gasteiger partial charge in [-0.05, 0) is 72.8 Å². The fourth-order valence-corrected chi connectivity index (χ4v) is 13.4. The predicted molar refractivity (Wildman–Crippen MR) is 181 cm³/mol. The summed E-state index contributed by atoms with van der Waals surface area (Å²) in [5, 5.41) is 8.00. The molecule has 0 aliphatic rings. The summed E-state index contributed by atoms with van der Waals surface area (Å²) in [5.41, 5.74) is 0. The summed E-state index contributed by atoms with van der Waals surface area (Å²) in [6.45, 7) is 0. The van der Waals surface area contributed by atoms with E-state index < -0.39 is 14.5 Å². The largest absolute Gasteiger partial charge is 1.00 e. The van der Waals surface area contributed by atoms with Gasteiger partial charge in [0.05, 0.1) is 0 Å². The molecule has 0 aromatic heterocycles. The zero-order chi connectivity index (χ0) is 27.8. The van der Waals surface area contributed by atoms with Crippen LogP contribution in [0.3, 0.4) is 0 Å². The van der Waals surface area contributed by atoms with E-state index in [-0.39, 0.29) is 12.4 Å². The molecule has 6 aromatic rings. The Morgan fingerprint density at radius 1 is 0.286 bits per heavy atom. The van der Waals surface area contributed by atoms with Crippen LogP contribution in [0.2, 0.25) is 0 Å². The zero-order valence-corrected chi connectivity index (χ0v) is 26.0. The third-order valence-corrected chi connectivity index (χ3v) is 16.0. The predicted octanol–water partition coefficient (Wildman–Crippen LogP) is 3.91. The van der Waals surface area contributed by atoms with E-state index in [1.807, 2.05) is 0 Å². The number of hydrogen-bond acceptors (Lipinski definition) is 1. The second-order valence-electron chi connectivity index (χ2n) is 10.1. The van der Waals surface area contributed by atoms with Crippen LogP contribution in [0.25, 0.3) is 0 Å². The summed E-state index contributed by atoms with van der Waals surface area (Å²) in [7, 11) is -4.24. The second-order valence-corrected chi connectivity index (χ2v) is 16.9. The fourth-order valence-electron chi connectivity index (χ4n) is 5.75. The van der Waals surface area contributed by atoms with Gasteiger partial charge in [0.25, 0.3) is 0 Å². The normalized spacial score (nSPS) is 11.4. The molecule has 0 fully saturated rings. The molecule has 0 aliphatic carbocycles. The van der Waals surface area contributed by atoms with Crippen LogP contribution in [-0.4, -0.2) is 12.7 Å². The van der Waals surface area contributed by atoms with Crippen molar-refractivity contribution in [3.63, 3.8) is 0 Å². The fraction of sp³-hybridized carbons (Fsp3) is 0.0526. The Morgan fingerprint density at radius 2 is 0.452 bits per heavy atom. The van der Waals surface area contributed by atoms with E-state index in [2.05, 4.69) is 182 Å². The van der Waals surface area contributed by atoms with E-state index in [0.29, 0.717) is 12.7 Å². The van der Waals surface area contributed by atoms with Crippen LogP contribution in [0.4, 0.5) is 0 Å². The molecule has 42 heavy (non-hydrogen) atoms. The minimum Gasteiger partial charge on any atom is -1.00 e. The highest BCUT2D eigenvalue weighted by Gasteiger charge is 2.50. The molecule has 0 radical (unpaired) electrons. The van der Waals surface area contributed by atoms with Gasteiger partial charge >= 0.3 is 0 Å². The topological polar surface area (TPSA) is 9.23 Å². The summed E-state index contributed by atoms with van der Waals surface area (Å²) in [6.07, 6.45) is 1.25. The maximum Gasteiger partial charge on any atom is 0.175 e. The van der Waals surface area contributed by atoms with Crippen molar-refractivity contribution in [1.82, 2.24) is 0 Å². The quantitative estimate of drug-likeness (QED) is 0.216. The third-order valence-electron chi connectivity index (χ3n) is 7.75. The number of benzene rings is 6. The highest BCUT2D eigenvalue weighted by molar-refractivity contribution is 7.96. The van der Waals surface area contributed by atoms with Gasteiger partial charge in [0.2, 0.25) is 0 Å². The Balaban J connectivity index is 0.00000353. The SMILES string of the molecule is [Cl-].c1ccc([P+](COC[P+](c2ccccc2)(c2ccccc2)c2ccccc2)(c2ccccc2)c2ccccc2)cc1. The smallest absolute Gasteiger partial charge is 0.175 e. The molecule has 0 aliphatic heterocycles. The lowest BCUT2D eigenvalue weighted by molar-refractivity contribution is -0.00000804. The van der Waals surface area contributed by atoms with Gasteiger partial charge in [-0.15, -0.1) is 0 Å². The van der Waals surface area contributed by atoms with Gasteiger partial charge in [-0.3, -0.25) is 0 Å². The monoisotopic (exact) mass is 603 g/mol. The molecule has 0 unspecified atom stereocenters. The lowest BCUT2D eigenvalue weighted by Crippen LogP contribution is -3.00. The van der Waals surface area contributed by atoms with Crippen molar-refractivity contribution in [1.29, 1.82) is 0 Å². The van der Waals surface area contributed by atoms with Crippen LogP contribution in [0.5, 0.6) is 0 Å². The maximum absolute atomic E-state index is 7.19. The van der Waals surface area contributed by atoms with Gasteiger partial charge in [0.15, 0.2) is 12.7 Å². The van der Waals surface area contributed by atoms with Gasteiger partial charge in [0.1, 0.15) is 46.4 Å². The van der Waals surface area contributed by atoms with Crippen LogP contribution in [0.1, 0.15) is 0 Å². The Bertz CT molecular complexity index is 1310. The molecule has 0 saturated carbocycles. The van der Waals surface area contributed by atoms with Crippen molar-refractivity contribution in [3.05, 3.63) is 182 Å². The molecular formula is C38H34ClOP2+. The molecule has 0 atom stereocenters. The molecule has 6 rings (SSSR count). The van der Waals surface area contributed by atoms with E-state index in [0.717, 1.165) is 0 Å². The van der Waals surface area contributed by atoms with Crippen LogP contribution < -0.4 is 44.2 Å². The van der Waals surface area contributed by atoms with Gasteiger partial charge < -0.3 is 17.1 Å². The molecule has 1 nitrogen and oxygen atoms in total. The Kier molecular flexibility index (Phi) is 10.0. The van der Waals surface area contributed by atoms with E-state index in [1.54, 1.807) is 0 Å². The first-order valence-electron chi connectivity index (χ1n) is 14.0. The molecule has 0 spiro atoms. The number of ether oxygens (including phenoxy) is 1. The average Bonchev–Trinajstić information content (AvgIpc) is 3.08. The van der Waals surface area contributed by atoms with Crippen LogP contribution in [-0.2, 0) is 4.74 Å². The van der Waals surface area contributed by atoms with Gasteiger partial charge in [-0.2, -0.15) is 0 Å². The van der Waals surface area contributed by atoms with E-state index in [1.165, 1.54) is 31.8 Å². The van der Waals surface area contributed by atoms with Crippen molar-refractivity contribution in [3.8, 4) is 0 Å². The number of hydrogen-bond donors (Lipinski definition) is 0. The summed E-state index contributed by atoms with van der Waals surface area (Å²) in [6, 6.07) is 65.9. The molecule has 208 valence electrons.